The second kappa shape index (κ2) is 7.73. The van der Waals surface area contributed by atoms with Gasteiger partial charge in [-0.1, -0.05) is 42.8 Å². The van der Waals surface area contributed by atoms with E-state index in [1.807, 2.05) is 0 Å². The summed E-state index contributed by atoms with van der Waals surface area (Å²) < 4.78 is 0. The lowest BCUT2D eigenvalue weighted by molar-refractivity contribution is -0.120. The molecular formula is C22H28N2O. The number of carbonyl (C=O) groups is 1. The topological polar surface area (TPSA) is 32.3 Å². The van der Waals surface area contributed by atoms with Gasteiger partial charge in [0.1, 0.15) is 0 Å². The zero-order chi connectivity index (χ0) is 17.8. The SMILES string of the molecule is CCc1cccc(C)c1NC(=O)C1CCN(c2ccc(C)cc2)CC1. The fraction of sp³-hybridized carbons (Fsp3) is 0.409. The van der Waals surface area contributed by atoms with Gasteiger partial charge in [-0.25, -0.2) is 0 Å². The molecule has 1 heterocycles. The lowest BCUT2D eigenvalue weighted by atomic mass is 9.94. The minimum atomic E-state index is 0.103. The molecule has 132 valence electrons. The fourth-order valence-electron chi connectivity index (χ4n) is 3.58. The van der Waals surface area contributed by atoms with Crippen LogP contribution in [0, 0.1) is 19.8 Å². The highest BCUT2D eigenvalue weighted by molar-refractivity contribution is 5.94. The van der Waals surface area contributed by atoms with Gasteiger partial charge in [0.15, 0.2) is 0 Å². The number of nitrogens with zero attached hydrogens (tertiary/aromatic N) is 1. The van der Waals surface area contributed by atoms with Crippen molar-refractivity contribution in [2.45, 2.75) is 40.0 Å². The quantitative estimate of drug-likeness (QED) is 0.876. The highest BCUT2D eigenvalue weighted by Gasteiger charge is 2.25. The van der Waals surface area contributed by atoms with E-state index in [-0.39, 0.29) is 11.8 Å². The summed E-state index contributed by atoms with van der Waals surface area (Å²) in [6.07, 6.45) is 2.75. The lowest BCUT2D eigenvalue weighted by Gasteiger charge is -2.33. The van der Waals surface area contributed by atoms with Crippen LogP contribution in [0.4, 0.5) is 11.4 Å². The molecule has 0 saturated carbocycles. The Balaban J connectivity index is 1.61. The average molecular weight is 336 g/mol. The fourth-order valence-corrected chi connectivity index (χ4v) is 3.58. The van der Waals surface area contributed by atoms with Crippen molar-refractivity contribution in [3.8, 4) is 0 Å². The number of anilines is 2. The largest absolute Gasteiger partial charge is 0.371 e. The van der Waals surface area contributed by atoms with Crippen molar-refractivity contribution < 1.29 is 4.79 Å². The Morgan fingerprint density at radius 2 is 1.76 bits per heavy atom. The Labute approximate surface area is 151 Å². The first-order valence-electron chi connectivity index (χ1n) is 9.29. The van der Waals surface area contributed by atoms with E-state index in [0.29, 0.717) is 0 Å². The molecule has 3 heteroatoms. The van der Waals surface area contributed by atoms with Gasteiger partial charge in [0.25, 0.3) is 0 Å². The van der Waals surface area contributed by atoms with Crippen molar-refractivity contribution >= 4 is 17.3 Å². The van der Waals surface area contributed by atoms with Gasteiger partial charge in [-0.3, -0.25) is 4.79 Å². The summed E-state index contributed by atoms with van der Waals surface area (Å²) in [6, 6.07) is 14.9. The average Bonchev–Trinajstić information content (AvgIpc) is 2.64. The van der Waals surface area contributed by atoms with Crippen LogP contribution in [0.25, 0.3) is 0 Å². The van der Waals surface area contributed by atoms with Crippen LogP contribution in [-0.2, 0) is 11.2 Å². The van der Waals surface area contributed by atoms with Crippen molar-refractivity contribution in [1.82, 2.24) is 0 Å². The number of hydrogen-bond donors (Lipinski definition) is 1. The van der Waals surface area contributed by atoms with Crippen LogP contribution in [0.2, 0.25) is 0 Å². The Hall–Kier alpha value is -2.29. The van der Waals surface area contributed by atoms with E-state index < -0.39 is 0 Å². The van der Waals surface area contributed by atoms with Crippen molar-refractivity contribution in [1.29, 1.82) is 0 Å². The second-order valence-electron chi connectivity index (χ2n) is 7.05. The highest BCUT2D eigenvalue weighted by atomic mass is 16.1. The maximum Gasteiger partial charge on any atom is 0.227 e. The summed E-state index contributed by atoms with van der Waals surface area (Å²) in [5, 5.41) is 3.20. The summed E-state index contributed by atoms with van der Waals surface area (Å²) >= 11 is 0. The van der Waals surface area contributed by atoms with Gasteiger partial charge in [-0.2, -0.15) is 0 Å². The number of aryl methyl sites for hydroxylation is 3. The zero-order valence-corrected chi connectivity index (χ0v) is 15.5. The summed E-state index contributed by atoms with van der Waals surface area (Å²) in [7, 11) is 0. The molecule has 1 aliphatic heterocycles. The van der Waals surface area contributed by atoms with E-state index in [9.17, 15) is 4.79 Å². The van der Waals surface area contributed by atoms with Gasteiger partial charge in [-0.05, 0) is 56.4 Å². The van der Waals surface area contributed by atoms with Crippen LogP contribution in [-0.4, -0.2) is 19.0 Å². The van der Waals surface area contributed by atoms with Gasteiger partial charge in [0, 0.05) is 30.4 Å². The third-order valence-corrected chi connectivity index (χ3v) is 5.25. The molecule has 2 aromatic rings. The predicted octanol–water partition coefficient (Wildman–Crippen LogP) is 4.72. The van der Waals surface area contributed by atoms with E-state index in [1.54, 1.807) is 0 Å². The van der Waals surface area contributed by atoms with E-state index in [0.717, 1.165) is 43.6 Å². The molecule has 0 aromatic heterocycles. The Morgan fingerprint density at radius 1 is 1.08 bits per heavy atom. The summed E-state index contributed by atoms with van der Waals surface area (Å²) in [6.45, 7) is 8.18. The summed E-state index contributed by atoms with van der Waals surface area (Å²) in [5.41, 5.74) is 5.91. The number of amides is 1. The minimum absolute atomic E-state index is 0.103. The van der Waals surface area contributed by atoms with Gasteiger partial charge in [0.2, 0.25) is 5.91 Å². The first-order chi connectivity index (χ1) is 12.1. The van der Waals surface area contributed by atoms with Gasteiger partial charge < -0.3 is 10.2 Å². The van der Waals surface area contributed by atoms with Crippen LogP contribution in [0.15, 0.2) is 42.5 Å². The van der Waals surface area contributed by atoms with E-state index in [1.165, 1.54) is 16.8 Å². The lowest BCUT2D eigenvalue weighted by Crippen LogP contribution is -2.38. The molecule has 1 amide bonds. The van der Waals surface area contributed by atoms with Gasteiger partial charge >= 0.3 is 0 Å². The summed E-state index contributed by atoms with van der Waals surface area (Å²) in [4.78, 5) is 15.1. The molecule has 0 unspecified atom stereocenters. The molecule has 0 spiro atoms. The maximum absolute atomic E-state index is 12.7. The molecule has 3 nitrogen and oxygen atoms in total. The van der Waals surface area contributed by atoms with E-state index in [2.05, 4.69) is 73.5 Å². The van der Waals surface area contributed by atoms with Crippen molar-refractivity contribution in [2.24, 2.45) is 5.92 Å². The smallest absolute Gasteiger partial charge is 0.227 e. The third-order valence-electron chi connectivity index (χ3n) is 5.25. The molecule has 25 heavy (non-hydrogen) atoms. The number of hydrogen-bond acceptors (Lipinski definition) is 2. The molecule has 1 saturated heterocycles. The molecule has 0 radical (unpaired) electrons. The number of rotatable bonds is 4. The molecule has 1 fully saturated rings. The number of piperidine rings is 1. The Morgan fingerprint density at radius 3 is 2.40 bits per heavy atom. The van der Waals surface area contributed by atoms with Crippen molar-refractivity contribution in [3.63, 3.8) is 0 Å². The molecule has 3 rings (SSSR count). The Bertz CT molecular complexity index is 728. The van der Waals surface area contributed by atoms with Crippen molar-refractivity contribution in [2.75, 3.05) is 23.3 Å². The normalized spacial score (nSPS) is 15.2. The van der Waals surface area contributed by atoms with Crippen LogP contribution < -0.4 is 10.2 Å². The third kappa shape index (κ3) is 4.04. The highest BCUT2D eigenvalue weighted by Crippen LogP contribution is 2.26. The molecule has 0 bridgehead atoms. The van der Waals surface area contributed by atoms with Crippen LogP contribution in [0.1, 0.15) is 36.5 Å². The van der Waals surface area contributed by atoms with Gasteiger partial charge in [-0.15, -0.1) is 0 Å². The van der Waals surface area contributed by atoms with Gasteiger partial charge in [0.05, 0.1) is 0 Å². The number of para-hydroxylation sites is 1. The number of carbonyl (C=O) groups excluding carboxylic acids is 1. The van der Waals surface area contributed by atoms with Crippen LogP contribution in [0.3, 0.4) is 0 Å². The molecule has 0 atom stereocenters. The van der Waals surface area contributed by atoms with Crippen LogP contribution in [0.5, 0.6) is 0 Å². The molecule has 1 aliphatic rings. The van der Waals surface area contributed by atoms with Crippen molar-refractivity contribution in [3.05, 3.63) is 59.2 Å². The molecule has 1 N–H and O–H groups in total. The monoisotopic (exact) mass is 336 g/mol. The standard InChI is InChI=1S/C22H28N2O/c1-4-18-7-5-6-17(3)21(18)23-22(25)19-12-14-24(15-13-19)20-10-8-16(2)9-11-20/h5-11,19H,4,12-15H2,1-3H3,(H,23,25). The van der Waals surface area contributed by atoms with Crippen LogP contribution >= 0.6 is 0 Å². The predicted molar refractivity (Wildman–Crippen MR) is 105 cm³/mol. The minimum Gasteiger partial charge on any atom is -0.371 e. The number of nitrogens with one attached hydrogen (secondary N) is 1. The molecule has 2 aromatic carbocycles. The van der Waals surface area contributed by atoms with E-state index in [4.69, 9.17) is 0 Å². The summed E-state index contributed by atoms with van der Waals surface area (Å²) in [5.74, 6) is 0.276. The molecular weight excluding hydrogens is 308 g/mol. The first kappa shape index (κ1) is 17.5. The maximum atomic E-state index is 12.7. The Kier molecular flexibility index (Phi) is 5.42. The second-order valence-corrected chi connectivity index (χ2v) is 7.05. The van der Waals surface area contributed by atoms with E-state index >= 15 is 0 Å². The first-order valence-corrected chi connectivity index (χ1v) is 9.29. The zero-order valence-electron chi connectivity index (χ0n) is 15.5. The number of benzene rings is 2. The molecule has 0 aliphatic carbocycles.